The molecule has 0 heterocycles. The van der Waals surface area contributed by atoms with Crippen molar-refractivity contribution in [3.05, 3.63) is 0 Å². The highest BCUT2D eigenvalue weighted by molar-refractivity contribution is 4.60. The zero-order valence-electron chi connectivity index (χ0n) is 9.43. The molecule has 0 rings (SSSR count). The highest BCUT2D eigenvalue weighted by Gasteiger charge is 2.05. The lowest BCUT2D eigenvalue weighted by molar-refractivity contribution is 0.225. The van der Waals surface area contributed by atoms with E-state index in [9.17, 15) is 0 Å². The highest BCUT2D eigenvalue weighted by Crippen LogP contribution is 2.06. The van der Waals surface area contributed by atoms with Gasteiger partial charge in [-0.2, -0.15) is 0 Å². The molecule has 1 heteroatoms. The predicted molar refractivity (Wildman–Crippen MR) is 56.5 cm³/mol. The molecule has 0 aliphatic rings. The first-order chi connectivity index (χ1) is 5.57. The van der Waals surface area contributed by atoms with E-state index in [1.54, 1.807) is 0 Å². The van der Waals surface area contributed by atoms with E-state index in [-0.39, 0.29) is 0 Å². The van der Waals surface area contributed by atoms with Gasteiger partial charge in [-0.15, -0.1) is 0 Å². The fourth-order valence-corrected chi connectivity index (χ4v) is 1.48. The fourth-order valence-electron chi connectivity index (χ4n) is 1.48. The van der Waals surface area contributed by atoms with Gasteiger partial charge in [-0.25, -0.2) is 0 Å². The number of hydrogen-bond donors (Lipinski definition) is 0. The lowest BCUT2D eigenvalue weighted by atomic mass is 10.1. The quantitative estimate of drug-likeness (QED) is 0.593. The van der Waals surface area contributed by atoms with Crippen molar-refractivity contribution in [1.82, 2.24) is 4.90 Å². The average Bonchev–Trinajstić information content (AvgIpc) is 1.96. The van der Waals surface area contributed by atoms with Crippen molar-refractivity contribution in [2.24, 2.45) is 5.92 Å². The number of nitrogens with zero attached hydrogens (tertiary/aromatic N) is 1. The summed E-state index contributed by atoms with van der Waals surface area (Å²) in [5.74, 6) is 0.857. The molecule has 0 saturated heterocycles. The van der Waals surface area contributed by atoms with Gasteiger partial charge < -0.3 is 4.90 Å². The van der Waals surface area contributed by atoms with E-state index in [1.165, 1.54) is 25.9 Å². The van der Waals surface area contributed by atoms with Crippen molar-refractivity contribution < 1.29 is 0 Å². The van der Waals surface area contributed by atoms with Crippen LogP contribution in [0.1, 0.15) is 47.5 Å². The predicted octanol–water partition coefficient (Wildman–Crippen LogP) is 3.15. The first-order valence-electron chi connectivity index (χ1n) is 5.32. The molecule has 1 nitrogen and oxygen atoms in total. The van der Waals surface area contributed by atoms with Crippen molar-refractivity contribution in [2.45, 2.75) is 53.5 Å². The summed E-state index contributed by atoms with van der Waals surface area (Å²) in [6.07, 6.45) is 2.72. The Morgan fingerprint density at radius 3 is 2.00 bits per heavy atom. The Hall–Kier alpha value is -0.0400. The zero-order valence-corrected chi connectivity index (χ0v) is 9.43. The molecule has 0 aromatic rings. The van der Waals surface area contributed by atoms with Gasteiger partial charge in [0.25, 0.3) is 0 Å². The molecule has 0 N–H and O–H groups in total. The van der Waals surface area contributed by atoms with Crippen molar-refractivity contribution in [3.8, 4) is 0 Å². The second kappa shape index (κ2) is 6.47. The van der Waals surface area contributed by atoms with Gasteiger partial charge in [0, 0.05) is 6.04 Å². The van der Waals surface area contributed by atoms with Crippen LogP contribution in [0.5, 0.6) is 0 Å². The lowest BCUT2D eigenvalue weighted by Gasteiger charge is -2.24. The Labute approximate surface area is 78.1 Å². The first kappa shape index (κ1) is 12.0. The summed E-state index contributed by atoms with van der Waals surface area (Å²) in [6, 6.07) is 0.710. The average molecular weight is 171 g/mol. The van der Waals surface area contributed by atoms with E-state index >= 15 is 0 Å². The largest absolute Gasteiger partial charge is 0.301 e. The Kier molecular flexibility index (Phi) is 6.45. The van der Waals surface area contributed by atoms with Crippen LogP contribution in [-0.4, -0.2) is 24.0 Å². The Morgan fingerprint density at radius 2 is 1.67 bits per heavy atom. The van der Waals surface area contributed by atoms with Crippen LogP contribution < -0.4 is 0 Å². The maximum Gasteiger partial charge on any atom is 0.00384 e. The summed E-state index contributed by atoms with van der Waals surface area (Å²) in [5.41, 5.74) is 0. The minimum absolute atomic E-state index is 0.710. The van der Waals surface area contributed by atoms with E-state index in [1.807, 2.05) is 0 Å². The minimum atomic E-state index is 0.710. The normalized spacial score (nSPS) is 12.0. The molecule has 0 fully saturated rings. The smallest absolute Gasteiger partial charge is 0.00384 e. The zero-order chi connectivity index (χ0) is 9.56. The van der Waals surface area contributed by atoms with Crippen LogP contribution in [0.15, 0.2) is 0 Å². The fraction of sp³-hybridized carbons (Fsp3) is 1.00. The molecule has 0 bridgehead atoms. The van der Waals surface area contributed by atoms with Crippen LogP contribution >= 0.6 is 0 Å². The van der Waals surface area contributed by atoms with Crippen molar-refractivity contribution in [2.75, 3.05) is 13.1 Å². The van der Waals surface area contributed by atoms with Crippen molar-refractivity contribution in [3.63, 3.8) is 0 Å². The molecule has 0 amide bonds. The molecule has 0 aromatic carbocycles. The summed E-state index contributed by atoms with van der Waals surface area (Å²) < 4.78 is 0. The Bertz CT molecular complexity index is 97.2. The maximum absolute atomic E-state index is 2.53. The molecule has 0 aliphatic heterocycles. The molecule has 74 valence electrons. The molecule has 12 heavy (non-hydrogen) atoms. The van der Waals surface area contributed by atoms with E-state index in [2.05, 4.69) is 39.5 Å². The van der Waals surface area contributed by atoms with Crippen LogP contribution in [0.3, 0.4) is 0 Å². The van der Waals surface area contributed by atoms with E-state index in [0.717, 1.165) is 5.92 Å². The van der Waals surface area contributed by atoms with Gasteiger partial charge in [-0.3, -0.25) is 0 Å². The molecule has 0 radical (unpaired) electrons. The molecule has 0 spiro atoms. The molecular weight excluding hydrogens is 146 g/mol. The molecule has 0 aromatic heterocycles. The SMILES string of the molecule is CCN(CCCC(C)C)C(C)C. The molecule has 0 saturated carbocycles. The second-order valence-electron chi connectivity index (χ2n) is 4.26. The van der Waals surface area contributed by atoms with Crippen LogP contribution in [0.25, 0.3) is 0 Å². The Balaban J connectivity index is 3.45. The highest BCUT2D eigenvalue weighted by atomic mass is 15.1. The van der Waals surface area contributed by atoms with Gasteiger partial charge >= 0.3 is 0 Å². The van der Waals surface area contributed by atoms with Crippen LogP contribution in [0, 0.1) is 5.92 Å². The van der Waals surface area contributed by atoms with E-state index in [0.29, 0.717) is 6.04 Å². The van der Waals surface area contributed by atoms with E-state index in [4.69, 9.17) is 0 Å². The third-order valence-corrected chi connectivity index (χ3v) is 2.36. The van der Waals surface area contributed by atoms with Crippen LogP contribution in [-0.2, 0) is 0 Å². The molecular formula is C11H25N. The van der Waals surface area contributed by atoms with Gasteiger partial charge in [0.2, 0.25) is 0 Å². The molecule has 0 atom stereocenters. The summed E-state index contributed by atoms with van der Waals surface area (Å²) in [7, 11) is 0. The number of hydrogen-bond acceptors (Lipinski definition) is 1. The van der Waals surface area contributed by atoms with Crippen molar-refractivity contribution in [1.29, 1.82) is 0 Å². The monoisotopic (exact) mass is 171 g/mol. The maximum atomic E-state index is 2.53. The van der Waals surface area contributed by atoms with Crippen LogP contribution in [0.2, 0.25) is 0 Å². The second-order valence-corrected chi connectivity index (χ2v) is 4.26. The summed E-state index contributed by atoms with van der Waals surface area (Å²) in [4.78, 5) is 2.53. The first-order valence-corrected chi connectivity index (χ1v) is 5.32. The third-order valence-electron chi connectivity index (χ3n) is 2.36. The van der Waals surface area contributed by atoms with Gasteiger partial charge in [-0.05, 0) is 45.7 Å². The third kappa shape index (κ3) is 5.59. The molecule has 0 unspecified atom stereocenters. The van der Waals surface area contributed by atoms with Gasteiger partial charge in [0.1, 0.15) is 0 Å². The van der Waals surface area contributed by atoms with E-state index < -0.39 is 0 Å². The van der Waals surface area contributed by atoms with Gasteiger partial charge in [0.15, 0.2) is 0 Å². The standard InChI is InChI=1S/C11H25N/c1-6-12(11(4)5)9-7-8-10(2)3/h10-11H,6-9H2,1-5H3. The van der Waals surface area contributed by atoms with Gasteiger partial charge in [-0.1, -0.05) is 20.8 Å². The van der Waals surface area contributed by atoms with Gasteiger partial charge in [0.05, 0.1) is 0 Å². The summed E-state index contributed by atoms with van der Waals surface area (Å²) >= 11 is 0. The lowest BCUT2D eigenvalue weighted by Crippen LogP contribution is -2.31. The Morgan fingerprint density at radius 1 is 1.08 bits per heavy atom. The molecule has 0 aliphatic carbocycles. The van der Waals surface area contributed by atoms with Crippen molar-refractivity contribution >= 4 is 0 Å². The van der Waals surface area contributed by atoms with Crippen LogP contribution in [0.4, 0.5) is 0 Å². The minimum Gasteiger partial charge on any atom is -0.301 e. The summed E-state index contributed by atoms with van der Waals surface area (Å²) in [6.45, 7) is 13.9. The topological polar surface area (TPSA) is 3.24 Å². The summed E-state index contributed by atoms with van der Waals surface area (Å²) in [5, 5.41) is 0. The number of rotatable bonds is 6.